The number of Topliss-reactive ketones (excluding diaryl/α,β-unsaturated/α-hetero) is 1. The van der Waals surface area contributed by atoms with Gasteiger partial charge in [-0.15, -0.1) is 0 Å². The molecule has 0 aromatic heterocycles. The van der Waals surface area contributed by atoms with Gasteiger partial charge in [0.2, 0.25) is 0 Å². The summed E-state index contributed by atoms with van der Waals surface area (Å²) in [6.07, 6.45) is 2.34. The SMILES string of the molecule is CCCS(=O)(=O)c1ccc(C)cc1C(=O)C1CC1. The second kappa shape index (κ2) is 4.84. The van der Waals surface area contributed by atoms with Gasteiger partial charge in [0, 0.05) is 11.5 Å². The zero-order valence-electron chi connectivity index (χ0n) is 10.8. The smallest absolute Gasteiger partial charge is 0.179 e. The first-order chi connectivity index (χ1) is 8.45. The summed E-state index contributed by atoms with van der Waals surface area (Å²) in [4.78, 5) is 12.4. The summed E-state index contributed by atoms with van der Waals surface area (Å²) in [6, 6.07) is 5.05. The van der Waals surface area contributed by atoms with Crippen LogP contribution in [0.4, 0.5) is 0 Å². The molecule has 1 saturated carbocycles. The number of carbonyl (C=O) groups is 1. The van der Waals surface area contributed by atoms with Crippen LogP contribution in [0.25, 0.3) is 0 Å². The van der Waals surface area contributed by atoms with Gasteiger partial charge in [-0.1, -0.05) is 18.6 Å². The van der Waals surface area contributed by atoms with Crippen molar-refractivity contribution in [2.75, 3.05) is 5.75 Å². The maximum Gasteiger partial charge on any atom is 0.179 e. The van der Waals surface area contributed by atoms with Crippen molar-refractivity contribution in [1.29, 1.82) is 0 Å². The molecule has 1 aromatic rings. The molecule has 0 saturated heterocycles. The van der Waals surface area contributed by atoms with Crippen LogP contribution in [0.3, 0.4) is 0 Å². The third-order valence-corrected chi connectivity index (χ3v) is 5.13. The van der Waals surface area contributed by atoms with Crippen molar-refractivity contribution in [3.05, 3.63) is 29.3 Å². The minimum absolute atomic E-state index is 0.00613. The fraction of sp³-hybridized carbons (Fsp3) is 0.500. The zero-order chi connectivity index (χ0) is 13.3. The Morgan fingerprint density at radius 1 is 1.33 bits per heavy atom. The molecule has 4 heteroatoms. The fourth-order valence-electron chi connectivity index (χ4n) is 2.05. The molecule has 0 unspecified atom stereocenters. The molecule has 98 valence electrons. The van der Waals surface area contributed by atoms with E-state index >= 15 is 0 Å². The van der Waals surface area contributed by atoms with E-state index in [1.807, 2.05) is 13.8 Å². The Bertz CT molecular complexity index is 569. The summed E-state index contributed by atoms with van der Waals surface area (Å²) in [6.45, 7) is 3.70. The highest BCUT2D eigenvalue weighted by Gasteiger charge is 2.33. The third kappa shape index (κ3) is 2.64. The molecule has 0 radical (unpaired) electrons. The molecule has 1 aliphatic rings. The second-order valence-corrected chi connectivity index (χ2v) is 7.03. The van der Waals surface area contributed by atoms with E-state index in [1.165, 1.54) is 0 Å². The highest BCUT2D eigenvalue weighted by molar-refractivity contribution is 7.91. The first-order valence-electron chi connectivity index (χ1n) is 6.33. The van der Waals surface area contributed by atoms with E-state index in [4.69, 9.17) is 0 Å². The molecule has 1 aliphatic carbocycles. The van der Waals surface area contributed by atoms with Crippen LogP contribution in [0.5, 0.6) is 0 Å². The van der Waals surface area contributed by atoms with Gasteiger partial charge in [0.05, 0.1) is 10.6 Å². The Morgan fingerprint density at radius 3 is 2.56 bits per heavy atom. The van der Waals surface area contributed by atoms with Crippen molar-refractivity contribution in [1.82, 2.24) is 0 Å². The zero-order valence-corrected chi connectivity index (χ0v) is 11.6. The van der Waals surface area contributed by atoms with E-state index in [2.05, 4.69) is 0 Å². The lowest BCUT2D eigenvalue weighted by Crippen LogP contribution is -2.13. The van der Waals surface area contributed by atoms with E-state index in [1.54, 1.807) is 18.2 Å². The van der Waals surface area contributed by atoms with Crippen LogP contribution in [0.15, 0.2) is 23.1 Å². The summed E-state index contributed by atoms with van der Waals surface area (Å²) in [5.41, 5.74) is 1.32. The van der Waals surface area contributed by atoms with E-state index in [-0.39, 0.29) is 22.3 Å². The fourth-order valence-corrected chi connectivity index (χ4v) is 3.58. The molecule has 3 nitrogen and oxygen atoms in total. The predicted molar refractivity (Wildman–Crippen MR) is 70.6 cm³/mol. The Morgan fingerprint density at radius 2 is 2.00 bits per heavy atom. The van der Waals surface area contributed by atoms with Crippen molar-refractivity contribution in [2.24, 2.45) is 5.92 Å². The quantitative estimate of drug-likeness (QED) is 0.770. The van der Waals surface area contributed by atoms with Gasteiger partial charge in [0.25, 0.3) is 0 Å². The van der Waals surface area contributed by atoms with Gasteiger partial charge in [-0.3, -0.25) is 4.79 Å². The molecule has 0 bridgehead atoms. The molecule has 1 aromatic carbocycles. The van der Waals surface area contributed by atoms with E-state index in [0.717, 1.165) is 18.4 Å². The van der Waals surface area contributed by atoms with Gasteiger partial charge in [0.1, 0.15) is 0 Å². The lowest BCUT2D eigenvalue weighted by molar-refractivity contribution is 0.0964. The van der Waals surface area contributed by atoms with Crippen LogP contribution in [0.2, 0.25) is 0 Å². The van der Waals surface area contributed by atoms with Crippen LogP contribution in [0, 0.1) is 12.8 Å². The number of rotatable bonds is 5. The first-order valence-corrected chi connectivity index (χ1v) is 7.98. The van der Waals surface area contributed by atoms with Crippen LogP contribution >= 0.6 is 0 Å². The molecule has 0 spiro atoms. The number of carbonyl (C=O) groups excluding carboxylic acids is 1. The van der Waals surface area contributed by atoms with Crippen molar-refractivity contribution in [3.63, 3.8) is 0 Å². The number of hydrogen-bond donors (Lipinski definition) is 0. The second-order valence-electron chi connectivity index (χ2n) is 4.96. The normalized spacial score (nSPS) is 15.7. The standard InChI is InChI=1S/C14H18O3S/c1-3-8-18(16,17)13-7-4-10(2)9-12(13)14(15)11-5-6-11/h4,7,9,11H,3,5-6,8H2,1-2H3. The molecule has 18 heavy (non-hydrogen) atoms. The Kier molecular flexibility index (Phi) is 3.57. The van der Waals surface area contributed by atoms with Crippen molar-refractivity contribution < 1.29 is 13.2 Å². The molecular weight excluding hydrogens is 248 g/mol. The maximum atomic E-state index is 12.2. The Hall–Kier alpha value is -1.16. The van der Waals surface area contributed by atoms with Crippen molar-refractivity contribution in [3.8, 4) is 0 Å². The number of aryl methyl sites for hydroxylation is 1. The molecular formula is C14H18O3S. The number of sulfone groups is 1. The van der Waals surface area contributed by atoms with E-state index < -0.39 is 9.84 Å². The molecule has 0 amide bonds. The van der Waals surface area contributed by atoms with Gasteiger partial charge in [-0.05, 0) is 38.3 Å². The lowest BCUT2D eigenvalue weighted by Gasteiger charge is -2.10. The molecule has 2 rings (SSSR count). The molecule has 0 heterocycles. The lowest BCUT2D eigenvalue weighted by atomic mass is 10.0. The summed E-state index contributed by atoms with van der Waals surface area (Å²) < 4.78 is 24.3. The highest BCUT2D eigenvalue weighted by Crippen LogP contribution is 2.34. The van der Waals surface area contributed by atoms with Gasteiger partial charge < -0.3 is 0 Å². The molecule has 0 atom stereocenters. The van der Waals surface area contributed by atoms with Crippen LogP contribution in [0.1, 0.15) is 42.1 Å². The predicted octanol–water partition coefficient (Wildman–Crippen LogP) is 2.77. The number of benzene rings is 1. The van der Waals surface area contributed by atoms with Crippen LogP contribution in [-0.2, 0) is 9.84 Å². The summed E-state index contributed by atoms with van der Waals surface area (Å²) >= 11 is 0. The molecule has 0 N–H and O–H groups in total. The highest BCUT2D eigenvalue weighted by atomic mass is 32.2. The van der Waals surface area contributed by atoms with Gasteiger partial charge in [-0.2, -0.15) is 0 Å². The minimum Gasteiger partial charge on any atom is -0.294 e. The topological polar surface area (TPSA) is 51.2 Å². The number of ketones is 1. The third-order valence-electron chi connectivity index (χ3n) is 3.16. The largest absolute Gasteiger partial charge is 0.294 e. The molecule has 0 aliphatic heterocycles. The van der Waals surface area contributed by atoms with Crippen molar-refractivity contribution >= 4 is 15.6 Å². The summed E-state index contributed by atoms with van der Waals surface area (Å²) in [5, 5.41) is 0. The number of hydrogen-bond acceptors (Lipinski definition) is 3. The van der Waals surface area contributed by atoms with E-state index in [9.17, 15) is 13.2 Å². The van der Waals surface area contributed by atoms with Crippen molar-refractivity contribution in [2.45, 2.75) is 38.0 Å². The first kappa shape index (κ1) is 13.3. The minimum atomic E-state index is -3.33. The van der Waals surface area contributed by atoms with Crippen LogP contribution in [-0.4, -0.2) is 20.0 Å². The average Bonchev–Trinajstić information content (AvgIpc) is 3.11. The Labute approximate surface area is 108 Å². The Balaban J connectivity index is 2.49. The monoisotopic (exact) mass is 266 g/mol. The van der Waals surface area contributed by atoms with E-state index in [0.29, 0.717) is 12.0 Å². The average molecular weight is 266 g/mol. The van der Waals surface area contributed by atoms with Crippen LogP contribution < -0.4 is 0 Å². The van der Waals surface area contributed by atoms with Gasteiger partial charge >= 0.3 is 0 Å². The summed E-state index contributed by atoms with van der Waals surface area (Å²) in [7, 11) is -3.33. The summed E-state index contributed by atoms with van der Waals surface area (Å²) in [5.74, 6) is 0.136. The van der Waals surface area contributed by atoms with Gasteiger partial charge in [0.15, 0.2) is 15.6 Å². The maximum absolute atomic E-state index is 12.2. The van der Waals surface area contributed by atoms with Gasteiger partial charge in [-0.25, -0.2) is 8.42 Å². The molecule has 1 fully saturated rings.